The van der Waals surface area contributed by atoms with Crippen LogP contribution in [0.1, 0.15) is 41.2 Å². The van der Waals surface area contributed by atoms with E-state index >= 15 is 0 Å². The van der Waals surface area contributed by atoms with Crippen LogP contribution in [-0.4, -0.2) is 33.6 Å². The number of hydrogen-bond acceptors (Lipinski definition) is 5. The van der Waals surface area contributed by atoms with Gasteiger partial charge in [-0.1, -0.05) is 0 Å². The molecule has 0 unspecified atom stereocenters. The van der Waals surface area contributed by atoms with Gasteiger partial charge in [0.25, 0.3) is 5.91 Å². The molecule has 1 aromatic rings. The maximum absolute atomic E-state index is 11.9. The molecule has 0 saturated heterocycles. The van der Waals surface area contributed by atoms with Gasteiger partial charge in [0, 0.05) is 18.0 Å². The second-order valence-electron chi connectivity index (χ2n) is 4.96. The summed E-state index contributed by atoms with van der Waals surface area (Å²) in [5.74, 6) is -0.275. The minimum atomic E-state index is -3.77. The van der Waals surface area contributed by atoms with Crippen LogP contribution in [0, 0.1) is 6.92 Å². The Labute approximate surface area is 129 Å². The van der Waals surface area contributed by atoms with E-state index in [2.05, 4.69) is 5.32 Å². The number of carbonyl (C=O) groups excluding carboxylic acids is 1. The van der Waals surface area contributed by atoms with E-state index in [1.807, 2.05) is 13.8 Å². The Kier molecular flexibility index (Phi) is 6.79. The Balaban J connectivity index is 2.43. The molecule has 3 N–H and O–H groups in total. The molecule has 0 spiro atoms. The molecule has 21 heavy (non-hydrogen) atoms. The monoisotopic (exact) mass is 334 g/mol. The first-order valence-corrected chi connectivity index (χ1v) is 9.11. The Morgan fingerprint density at radius 1 is 1.43 bits per heavy atom. The predicted octanol–water partition coefficient (Wildman–Crippen LogP) is 1.64. The zero-order valence-electron chi connectivity index (χ0n) is 12.5. The molecule has 6 nitrogen and oxygen atoms in total. The highest BCUT2D eigenvalue weighted by atomic mass is 32.2. The number of sulfonamides is 1. The lowest BCUT2D eigenvalue weighted by Crippen LogP contribution is -2.24. The molecular weight excluding hydrogens is 312 g/mol. The molecule has 1 aromatic heterocycles. The molecule has 0 atom stereocenters. The second kappa shape index (κ2) is 7.88. The first-order valence-electron chi connectivity index (χ1n) is 6.75. The van der Waals surface area contributed by atoms with Crippen molar-refractivity contribution in [1.29, 1.82) is 0 Å². The number of hydrogen-bond donors (Lipinski definition) is 2. The van der Waals surface area contributed by atoms with Crippen LogP contribution < -0.4 is 10.5 Å². The minimum absolute atomic E-state index is 0.0167. The lowest BCUT2D eigenvalue weighted by molar-refractivity contribution is 0.0754. The van der Waals surface area contributed by atoms with Gasteiger partial charge in [0.05, 0.1) is 15.9 Å². The fraction of sp³-hybridized carbons (Fsp3) is 0.615. The molecule has 0 fully saturated rings. The average molecular weight is 334 g/mol. The largest absolute Gasteiger partial charge is 0.379 e. The van der Waals surface area contributed by atoms with Crippen molar-refractivity contribution in [2.45, 2.75) is 44.6 Å². The van der Waals surface area contributed by atoms with Crippen LogP contribution in [0.15, 0.2) is 11.0 Å². The SMILES string of the molecule is Cc1sc(C(=O)NCCCCOC(C)C)cc1S(N)(=O)=O. The third-order valence-corrected chi connectivity index (χ3v) is 4.93. The van der Waals surface area contributed by atoms with Gasteiger partial charge in [0.2, 0.25) is 10.0 Å². The normalized spacial score (nSPS) is 11.9. The number of primary sulfonamides is 1. The Morgan fingerprint density at radius 2 is 2.10 bits per heavy atom. The summed E-state index contributed by atoms with van der Waals surface area (Å²) in [6.45, 7) is 6.78. The van der Waals surface area contributed by atoms with Crippen molar-refractivity contribution >= 4 is 27.3 Å². The Hall–Kier alpha value is -0.960. The lowest BCUT2D eigenvalue weighted by Gasteiger charge is -2.07. The van der Waals surface area contributed by atoms with Crippen molar-refractivity contribution < 1.29 is 17.9 Å². The lowest BCUT2D eigenvalue weighted by atomic mass is 10.3. The van der Waals surface area contributed by atoms with Gasteiger partial charge in [-0.2, -0.15) is 0 Å². The number of amides is 1. The minimum Gasteiger partial charge on any atom is -0.379 e. The molecular formula is C13H22N2O4S2. The number of unbranched alkanes of at least 4 members (excludes halogenated alkanes) is 1. The zero-order chi connectivity index (χ0) is 16.0. The molecule has 0 bridgehead atoms. The van der Waals surface area contributed by atoms with Gasteiger partial charge in [0.1, 0.15) is 0 Å². The van der Waals surface area contributed by atoms with Crippen LogP contribution in [0.4, 0.5) is 0 Å². The van der Waals surface area contributed by atoms with Crippen LogP contribution in [0.25, 0.3) is 0 Å². The number of rotatable bonds is 8. The van der Waals surface area contributed by atoms with E-state index in [-0.39, 0.29) is 16.9 Å². The third-order valence-electron chi connectivity index (χ3n) is 2.71. The van der Waals surface area contributed by atoms with Gasteiger partial charge >= 0.3 is 0 Å². The standard InChI is InChI=1S/C13H22N2O4S2/c1-9(2)19-7-5-4-6-15-13(16)11-8-12(10(3)20-11)21(14,17)18/h8-9H,4-7H2,1-3H3,(H,15,16)(H2,14,17,18). The molecule has 1 rings (SSSR count). The van der Waals surface area contributed by atoms with E-state index < -0.39 is 10.0 Å². The predicted molar refractivity (Wildman–Crippen MR) is 83.1 cm³/mol. The topological polar surface area (TPSA) is 98.5 Å². The summed E-state index contributed by atoms with van der Waals surface area (Å²) in [6.07, 6.45) is 1.89. The van der Waals surface area contributed by atoms with Gasteiger partial charge in [0.15, 0.2) is 0 Å². The first kappa shape index (κ1) is 18.1. The summed E-state index contributed by atoms with van der Waals surface area (Å²) in [6, 6.07) is 1.33. The summed E-state index contributed by atoms with van der Waals surface area (Å²) in [5, 5.41) is 7.84. The van der Waals surface area contributed by atoms with E-state index in [0.717, 1.165) is 24.2 Å². The highest BCUT2D eigenvalue weighted by Crippen LogP contribution is 2.24. The van der Waals surface area contributed by atoms with Gasteiger partial charge in [-0.05, 0) is 39.7 Å². The summed E-state index contributed by atoms with van der Waals surface area (Å²) in [5.41, 5.74) is 0. The Bertz CT molecular complexity index is 579. The summed E-state index contributed by atoms with van der Waals surface area (Å²) < 4.78 is 28.0. The maximum atomic E-state index is 11.9. The van der Waals surface area contributed by atoms with Crippen molar-refractivity contribution in [2.24, 2.45) is 5.14 Å². The van der Waals surface area contributed by atoms with Crippen molar-refractivity contribution in [2.75, 3.05) is 13.2 Å². The second-order valence-corrected chi connectivity index (χ2v) is 7.74. The quantitative estimate of drug-likeness (QED) is 0.706. The van der Waals surface area contributed by atoms with Crippen LogP contribution in [-0.2, 0) is 14.8 Å². The number of ether oxygens (including phenoxy) is 1. The van der Waals surface area contributed by atoms with Crippen LogP contribution >= 0.6 is 11.3 Å². The van der Waals surface area contributed by atoms with Crippen LogP contribution in [0.2, 0.25) is 0 Å². The summed E-state index contributed by atoms with van der Waals surface area (Å²) in [4.78, 5) is 12.8. The molecule has 8 heteroatoms. The van der Waals surface area contributed by atoms with E-state index in [1.54, 1.807) is 6.92 Å². The fourth-order valence-corrected chi connectivity index (χ4v) is 3.76. The van der Waals surface area contributed by atoms with Crippen molar-refractivity contribution in [3.05, 3.63) is 15.8 Å². The molecule has 0 aromatic carbocycles. The van der Waals surface area contributed by atoms with Crippen molar-refractivity contribution in [1.82, 2.24) is 5.32 Å². The first-order chi connectivity index (χ1) is 9.71. The smallest absolute Gasteiger partial charge is 0.261 e. The molecule has 0 aliphatic carbocycles. The molecule has 0 saturated carbocycles. The van der Waals surface area contributed by atoms with Gasteiger partial charge in [-0.3, -0.25) is 4.79 Å². The molecule has 1 heterocycles. The number of aryl methyl sites for hydroxylation is 1. The van der Waals surface area contributed by atoms with E-state index in [9.17, 15) is 13.2 Å². The number of carbonyl (C=O) groups is 1. The fourth-order valence-electron chi connectivity index (χ4n) is 1.69. The van der Waals surface area contributed by atoms with Crippen molar-refractivity contribution in [3.8, 4) is 0 Å². The number of nitrogens with two attached hydrogens (primary N) is 1. The van der Waals surface area contributed by atoms with Gasteiger partial charge in [-0.25, -0.2) is 13.6 Å². The van der Waals surface area contributed by atoms with Crippen LogP contribution in [0.3, 0.4) is 0 Å². The van der Waals surface area contributed by atoms with Gasteiger partial charge < -0.3 is 10.1 Å². The van der Waals surface area contributed by atoms with Gasteiger partial charge in [-0.15, -0.1) is 11.3 Å². The number of thiophene rings is 1. The zero-order valence-corrected chi connectivity index (χ0v) is 14.1. The molecule has 0 radical (unpaired) electrons. The maximum Gasteiger partial charge on any atom is 0.261 e. The highest BCUT2D eigenvalue weighted by Gasteiger charge is 2.18. The summed E-state index contributed by atoms with van der Waals surface area (Å²) >= 11 is 1.13. The molecule has 1 amide bonds. The van der Waals surface area contributed by atoms with Crippen molar-refractivity contribution in [3.63, 3.8) is 0 Å². The van der Waals surface area contributed by atoms with E-state index in [1.165, 1.54) is 6.07 Å². The van der Waals surface area contributed by atoms with Crippen LogP contribution in [0.5, 0.6) is 0 Å². The summed E-state index contributed by atoms with van der Waals surface area (Å²) in [7, 11) is -3.77. The average Bonchev–Trinajstić information content (AvgIpc) is 2.75. The highest BCUT2D eigenvalue weighted by molar-refractivity contribution is 7.89. The number of nitrogens with one attached hydrogen (secondary N) is 1. The molecule has 0 aliphatic rings. The van der Waals surface area contributed by atoms with E-state index in [4.69, 9.17) is 9.88 Å². The molecule has 120 valence electrons. The third kappa shape index (κ3) is 6.13. The van der Waals surface area contributed by atoms with E-state index in [0.29, 0.717) is 22.9 Å². The molecule has 0 aliphatic heterocycles. The Morgan fingerprint density at radius 3 is 2.62 bits per heavy atom.